The Balaban J connectivity index is 2.51. The molecule has 0 aliphatic heterocycles. The monoisotopic (exact) mass is 340 g/mol. The van der Waals surface area contributed by atoms with Crippen molar-refractivity contribution in [1.29, 1.82) is 0 Å². The minimum absolute atomic E-state index is 0.428. The lowest BCUT2D eigenvalue weighted by Gasteiger charge is -2.13. The average molecular weight is 341 g/mol. The van der Waals surface area contributed by atoms with Crippen molar-refractivity contribution in [3.05, 3.63) is 45.5 Å². The third-order valence-corrected chi connectivity index (χ3v) is 5.02. The highest BCUT2D eigenvalue weighted by atomic mass is 16.5. The van der Waals surface area contributed by atoms with Gasteiger partial charge in [-0.15, -0.1) is 0 Å². The van der Waals surface area contributed by atoms with E-state index in [2.05, 4.69) is 78.3 Å². The summed E-state index contributed by atoms with van der Waals surface area (Å²) in [5, 5.41) is 0. The average Bonchev–Trinajstić information content (AvgIpc) is 2.88. The van der Waals surface area contributed by atoms with Gasteiger partial charge in [0.15, 0.2) is 0 Å². The van der Waals surface area contributed by atoms with Gasteiger partial charge in [-0.25, -0.2) is 4.98 Å². The van der Waals surface area contributed by atoms with E-state index in [0.29, 0.717) is 11.8 Å². The topological polar surface area (TPSA) is 27.1 Å². The standard InChI is InChI=1S/C22H32N2O/c1-13(2)21-22(14(3)4)24(8)20(23-21)11-10-18-15(5)12-19(25-9)17(7)16(18)6/h10-14H,1-9H3. The summed E-state index contributed by atoms with van der Waals surface area (Å²) in [6.45, 7) is 15.3. The second kappa shape index (κ2) is 7.47. The quantitative estimate of drug-likeness (QED) is 0.690. The minimum Gasteiger partial charge on any atom is -0.496 e. The lowest BCUT2D eigenvalue weighted by atomic mass is 9.97. The SMILES string of the molecule is COc1cc(C)c(C=Cc2nc(C(C)C)c(C(C)C)n2C)c(C)c1C. The van der Waals surface area contributed by atoms with Crippen molar-refractivity contribution < 1.29 is 4.74 Å². The molecule has 25 heavy (non-hydrogen) atoms. The molecule has 0 atom stereocenters. The first kappa shape index (κ1) is 19.3. The number of nitrogens with zero attached hydrogens (tertiary/aromatic N) is 2. The molecule has 0 N–H and O–H groups in total. The Bertz CT molecular complexity index is 795. The van der Waals surface area contributed by atoms with E-state index < -0.39 is 0 Å². The van der Waals surface area contributed by atoms with E-state index in [1.165, 1.54) is 33.6 Å². The fourth-order valence-corrected chi connectivity index (χ4v) is 3.50. The van der Waals surface area contributed by atoms with Crippen LogP contribution < -0.4 is 4.74 Å². The molecule has 0 fully saturated rings. The van der Waals surface area contributed by atoms with Crippen LogP contribution in [0.25, 0.3) is 12.2 Å². The maximum atomic E-state index is 5.47. The molecule has 0 spiro atoms. The van der Waals surface area contributed by atoms with Crippen LogP contribution in [0.4, 0.5) is 0 Å². The fourth-order valence-electron chi connectivity index (χ4n) is 3.50. The van der Waals surface area contributed by atoms with E-state index in [9.17, 15) is 0 Å². The number of imidazole rings is 1. The number of aromatic nitrogens is 2. The maximum Gasteiger partial charge on any atom is 0.132 e. The van der Waals surface area contributed by atoms with Gasteiger partial charge in [-0.3, -0.25) is 0 Å². The predicted molar refractivity (Wildman–Crippen MR) is 108 cm³/mol. The maximum absolute atomic E-state index is 5.47. The van der Waals surface area contributed by atoms with Gasteiger partial charge < -0.3 is 9.30 Å². The summed E-state index contributed by atoms with van der Waals surface area (Å²) in [5.41, 5.74) is 7.45. The van der Waals surface area contributed by atoms with Crippen LogP contribution in [0.3, 0.4) is 0 Å². The first-order valence-electron chi connectivity index (χ1n) is 9.08. The summed E-state index contributed by atoms with van der Waals surface area (Å²) in [6, 6.07) is 2.11. The van der Waals surface area contributed by atoms with E-state index in [-0.39, 0.29) is 0 Å². The van der Waals surface area contributed by atoms with E-state index in [0.717, 1.165) is 11.6 Å². The molecule has 136 valence electrons. The Morgan fingerprint density at radius 2 is 1.64 bits per heavy atom. The molecule has 0 aliphatic carbocycles. The Hall–Kier alpha value is -2.03. The van der Waals surface area contributed by atoms with E-state index in [1.807, 2.05) is 0 Å². The second-order valence-corrected chi connectivity index (χ2v) is 7.50. The molecule has 0 unspecified atom stereocenters. The summed E-state index contributed by atoms with van der Waals surface area (Å²) in [6.07, 6.45) is 4.33. The van der Waals surface area contributed by atoms with Gasteiger partial charge >= 0.3 is 0 Å². The molecule has 0 radical (unpaired) electrons. The summed E-state index contributed by atoms with van der Waals surface area (Å²) in [4.78, 5) is 4.91. The van der Waals surface area contributed by atoms with Crippen molar-refractivity contribution in [1.82, 2.24) is 9.55 Å². The fraction of sp³-hybridized carbons (Fsp3) is 0.500. The number of hydrogen-bond acceptors (Lipinski definition) is 2. The van der Waals surface area contributed by atoms with Gasteiger partial charge in [-0.05, 0) is 67.0 Å². The van der Waals surface area contributed by atoms with Crippen molar-refractivity contribution in [2.24, 2.45) is 7.05 Å². The zero-order valence-electron chi connectivity index (χ0n) is 17.2. The Morgan fingerprint density at radius 1 is 1.00 bits per heavy atom. The second-order valence-electron chi connectivity index (χ2n) is 7.50. The van der Waals surface area contributed by atoms with Gasteiger partial charge in [0.25, 0.3) is 0 Å². The van der Waals surface area contributed by atoms with Crippen LogP contribution in [0.2, 0.25) is 0 Å². The lowest BCUT2D eigenvalue weighted by Crippen LogP contribution is -2.03. The van der Waals surface area contributed by atoms with Gasteiger partial charge in [-0.1, -0.05) is 33.8 Å². The highest BCUT2D eigenvalue weighted by molar-refractivity contribution is 5.72. The van der Waals surface area contributed by atoms with Gasteiger partial charge in [0.1, 0.15) is 11.6 Å². The number of ether oxygens (including phenoxy) is 1. The molecule has 1 aromatic heterocycles. The molecule has 0 aliphatic rings. The molecule has 1 heterocycles. The molecule has 2 aromatic rings. The Morgan fingerprint density at radius 3 is 2.12 bits per heavy atom. The van der Waals surface area contributed by atoms with Crippen LogP contribution in [0.15, 0.2) is 6.07 Å². The highest BCUT2D eigenvalue weighted by Gasteiger charge is 2.18. The highest BCUT2D eigenvalue weighted by Crippen LogP contribution is 2.30. The number of benzene rings is 1. The van der Waals surface area contributed by atoms with Crippen molar-refractivity contribution >= 4 is 12.2 Å². The Labute approximate surface area is 152 Å². The zero-order valence-corrected chi connectivity index (χ0v) is 17.2. The summed E-state index contributed by atoms with van der Waals surface area (Å²) < 4.78 is 7.71. The molecule has 0 bridgehead atoms. The zero-order chi connectivity index (χ0) is 18.9. The normalized spacial score (nSPS) is 12.0. The van der Waals surface area contributed by atoms with Crippen LogP contribution in [0.5, 0.6) is 5.75 Å². The molecule has 2 rings (SSSR count). The van der Waals surface area contributed by atoms with Crippen LogP contribution in [0.1, 0.15) is 79.0 Å². The van der Waals surface area contributed by atoms with Gasteiger partial charge in [0.2, 0.25) is 0 Å². The number of rotatable bonds is 5. The third-order valence-electron chi connectivity index (χ3n) is 5.02. The smallest absolute Gasteiger partial charge is 0.132 e. The first-order chi connectivity index (χ1) is 11.7. The molecular formula is C22H32N2O. The summed E-state index contributed by atoms with van der Waals surface area (Å²) >= 11 is 0. The first-order valence-corrected chi connectivity index (χ1v) is 9.08. The van der Waals surface area contributed by atoms with Crippen molar-refractivity contribution in [3.8, 4) is 5.75 Å². The number of aryl methyl sites for hydroxylation is 1. The summed E-state index contributed by atoms with van der Waals surface area (Å²) in [7, 11) is 3.85. The van der Waals surface area contributed by atoms with Gasteiger partial charge in [-0.2, -0.15) is 0 Å². The van der Waals surface area contributed by atoms with Gasteiger partial charge in [0, 0.05) is 12.7 Å². The van der Waals surface area contributed by atoms with Crippen molar-refractivity contribution in [2.75, 3.05) is 7.11 Å². The molecule has 0 amide bonds. The molecule has 1 aromatic carbocycles. The van der Waals surface area contributed by atoms with Crippen LogP contribution >= 0.6 is 0 Å². The Kier molecular flexibility index (Phi) is 5.76. The van der Waals surface area contributed by atoms with E-state index >= 15 is 0 Å². The van der Waals surface area contributed by atoms with Crippen LogP contribution in [0, 0.1) is 20.8 Å². The molecule has 0 saturated carbocycles. The molecule has 3 nitrogen and oxygen atoms in total. The molecule has 3 heteroatoms. The van der Waals surface area contributed by atoms with Crippen LogP contribution in [-0.4, -0.2) is 16.7 Å². The number of methoxy groups -OCH3 is 1. The largest absolute Gasteiger partial charge is 0.496 e. The van der Waals surface area contributed by atoms with E-state index in [1.54, 1.807) is 7.11 Å². The lowest BCUT2D eigenvalue weighted by molar-refractivity contribution is 0.411. The third kappa shape index (κ3) is 3.65. The molecule has 0 saturated heterocycles. The van der Waals surface area contributed by atoms with Crippen molar-refractivity contribution in [2.45, 2.75) is 60.3 Å². The molecular weight excluding hydrogens is 308 g/mol. The number of hydrogen-bond donors (Lipinski definition) is 0. The van der Waals surface area contributed by atoms with Gasteiger partial charge in [0.05, 0.1) is 12.8 Å². The summed E-state index contributed by atoms with van der Waals surface area (Å²) in [5.74, 6) is 2.86. The predicted octanol–water partition coefficient (Wildman–Crippen LogP) is 5.77. The minimum atomic E-state index is 0.428. The van der Waals surface area contributed by atoms with Crippen molar-refractivity contribution in [3.63, 3.8) is 0 Å². The van der Waals surface area contributed by atoms with Crippen LogP contribution in [-0.2, 0) is 7.05 Å². The van der Waals surface area contributed by atoms with E-state index in [4.69, 9.17) is 9.72 Å².